The molecule has 0 bridgehead atoms. The number of nitrogens with one attached hydrogen (secondary N) is 2. The fourth-order valence-corrected chi connectivity index (χ4v) is 2.84. The van der Waals surface area contributed by atoms with Crippen LogP contribution in [-0.4, -0.2) is 31.5 Å². The molecule has 3 rings (SSSR count). The maximum absolute atomic E-state index is 12.6. The standard InChI is InChI=1S/C18H18N4O4/c1-26-12-6-4-5-11(9-12)20-18(25)21-16-13-7-2-3-8-14(13)22(17(16)24)10-15(19)23/h2-9,16H,10H2,1H3,(H2,19,23)(H2,20,21,25). The van der Waals surface area contributed by atoms with Crippen molar-refractivity contribution in [2.45, 2.75) is 6.04 Å². The Labute approximate surface area is 149 Å². The number of carbonyl (C=O) groups excluding carboxylic acids is 3. The van der Waals surface area contributed by atoms with Crippen LogP contribution in [0, 0.1) is 0 Å². The third kappa shape index (κ3) is 3.44. The summed E-state index contributed by atoms with van der Waals surface area (Å²) in [6.45, 7) is -0.245. The van der Waals surface area contributed by atoms with Crippen molar-refractivity contribution in [1.82, 2.24) is 5.32 Å². The Morgan fingerprint density at radius 2 is 1.96 bits per heavy atom. The van der Waals surface area contributed by atoms with Crippen molar-refractivity contribution in [2.24, 2.45) is 5.73 Å². The smallest absolute Gasteiger partial charge is 0.320 e. The van der Waals surface area contributed by atoms with E-state index in [-0.39, 0.29) is 6.54 Å². The SMILES string of the molecule is COc1cccc(NC(=O)NC2C(=O)N(CC(N)=O)c3ccccc32)c1. The molecule has 1 aliphatic rings. The van der Waals surface area contributed by atoms with Gasteiger partial charge in [0.2, 0.25) is 5.91 Å². The van der Waals surface area contributed by atoms with E-state index in [2.05, 4.69) is 10.6 Å². The number of amides is 4. The van der Waals surface area contributed by atoms with E-state index in [0.29, 0.717) is 22.7 Å². The average Bonchev–Trinajstić information content (AvgIpc) is 2.87. The topological polar surface area (TPSA) is 114 Å². The molecule has 0 spiro atoms. The molecule has 1 heterocycles. The molecule has 0 saturated carbocycles. The number of urea groups is 1. The van der Waals surface area contributed by atoms with E-state index < -0.39 is 23.9 Å². The molecule has 0 aliphatic carbocycles. The number of fused-ring (bicyclic) bond motifs is 1. The lowest BCUT2D eigenvalue weighted by atomic mass is 10.1. The van der Waals surface area contributed by atoms with Gasteiger partial charge in [-0.25, -0.2) is 4.79 Å². The van der Waals surface area contributed by atoms with E-state index in [4.69, 9.17) is 10.5 Å². The van der Waals surface area contributed by atoms with Gasteiger partial charge in [0.25, 0.3) is 5.91 Å². The maximum Gasteiger partial charge on any atom is 0.320 e. The lowest BCUT2D eigenvalue weighted by molar-refractivity contribution is -0.122. The van der Waals surface area contributed by atoms with E-state index >= 15 is 0 Å². The van der Waals surface area contributed by atoms with E-state index in [9.17, 15) is 14.4 Å². The van der Waals surface area contributed by atoms with Crippen molar-refractivity contribution in [3.63, 3.8) is 0 Å². The predicted octanol–water partition coefficient (Wildman–Crippen LogP) is 1.39. The second-order valence-corrected chi connectivity index (χ2v) is 5.71. The van der Waals surface area contributed by atoms with Gasteiger partial charge in [0, 0.05) is 17.3 Å². The first kappa shape index (κ1) is 17.3. The summed E-state index contributed by atoms with van der Waals surface area (Å²) in [5, 5.41) is 5.30. The summed E-state index contributed by atoms with van der Waals surface area (Å²) in [4.78, 5) is 37.5. The van der Waals surface area contributed by atoms with Gasteiger partial charge in [0.05, 0.1) is 12.8 Å². The zero-order valence-electron chi connectivity index (χ0n) is 14.1. The summed E-state index contributed by atoms with van der Waals surface area (Å²) in [6, 6.07) is 12.3. The number of ether oxygens (including phenoxy) is 1. The second-order valence-electron chi connectivity index (χ2n) is 5.71. The molecule has 1 atom stereocenters. The molecule has 1 unspecified atom stereocenters. The number of benzene rings is 2. The van der Waals surface area contributed by atoms with Crippen molar-refractivity contribution in [1.29, 1.82) is 0 Å². The van der Waals surface area contributed by atoms with Crippen LogP contribution < -0.4 is 26.0 Å². The number of nitrogens with two attached hydrogens (primary N) is 1. The number of nitrogens with zero attached hydrogens (tertiary/aromatic N) is 1. The van der Waals surface area contributed by atoms with Crippen LogP contribution in [0.1, 0.15) is 11.6 Å². The van der Waals surface area contributed by atoms with Gasteiger partial charge in [-0.15, -0.1) is 0 Å². The van der Waals surface area contributed by atoms with Crippen molar-refractivity contribution < 1.29 is 19.1 Å². The van der Waals surface area contributed by atoms with E-state index in [0.717, 1.165) is 0 Å². The lowest BCUT2D eigenvalue weighted by Crippen LogP contribution is -2.42. The number of para-hydroxylation sites is 1. The molecule has 26 heavy (non-hydrogen) atoms. The summed E-state index contributed by atoms with van der Waals surface area (Å²) in [7, 11) is 1.53. The van der Waals surface area contributed by atoms with Gasteiger partial charge in [-0.2, -0.15) is 0 Å². The number of carbonyl (C=O) groups is 3. The van der Waals surface area contributed by atoms with Gasteiger partial charge in [-0.3, -0.25) is 9.59 Å². The highest BCUT2D eigenvalue weighted by Crippen LogP contribution is 2.35. The Bertz CT molecular complexity index is 868. The van der Waals surface area contributed by atoms with Gasteiger partial charge in [-0.05, 0) is 18.2 Å². The fraction of sp³-hybridized carbons (Fsp3) is 0.167. The molecule has 0 radical (unpaired) electrons. The van der Waals surface area contributed by atoms with Crippen molar-refractivity contribution >= 4 is 29.2 Å². The highest BCUT2D eigenvalue weighted by atomic mass is 16.5. The minimum absolute atomic E-state index is 0.245. The molecule has 4 N–H and O–H groups in total. The number of methoxy groups -OCH3 is 1. The first-order valence-corrected chi connectivity index (χ1v) is 7.90. The molecule has 0 aromatic heterocycles. The van der Waals surface area contributed by atoms with Gasteiger partial charge >= 0.3 is 6.03 Å². The van der Waals surface area contributed by atoms with Gasteiger partial charge < -0.3 is 26.0 Å². The lowest BCUT2D eigenvalue weighted by Gasteiger charge is -2.16. The van der Waals surface area contributed by atoms with Crippen LogP contribution in [0.2, 0.25) is 0 Å². The molecule has 0 fully saturated rings. The second kappa shape index (κ2) is 7.14. The Balaban J connectivity index is 1.77. The predicted molar refractivity (Wildman–Crippen MR) is 95.9 cm³/mol. The summed E-state index contributed by atoms with van der Waals surface area (Å²) >= 11 is 0. The summed E-state index contributed by atoms with van der Waals surface area (Å²) in [5.41, 5.74) is 6.92. The summed E-state index contributed by atoms with van der Waals surface area (Å²) < 4.78 is 5.11. The zero-order valence-corrected chi connectivity index (χ0v) is 14.1. The molecule has 2 aromatic rings. The normalized spacial score (nSPS) is 15.3. The first-order chi connectivity index (χ1) is 12.5. The van der Waals surface area contributed by atoms with Crippen LogP contribution in [0.15, 0.2) is 48.5 Å². The monoisotopic (exact) mass is 354 g/mol. The number of hydrogen-bond acceptors (Lipinski definition) is 4. The van der Waals surface area contributed by atoms with Gasteiger partial charge in [0.15, 0.2) is 0 Å². The van der Waals surface area contributed by atoms with Crippen molar-refractivity contribution in [3.8, 4) is 5.75 Å². The molecule has 8 heteroatoms. The van der Waals surface area contributed by atoms with Crippen LogP contribution in [0.25, 0.3) is 0 Å². The van der Waals surface area contributed by atoms with Crippen LogP contribution in [0.3, 0.4) is 0 Å². The fourth-order valence-electron chi connectivity index (χ4n) is 2.84. The Kier molecular flexibility index (Phi) is 4.74. The third-order valence-corrected chi connectivity index (χ3v) is 3.97. The number of anilines is 2. The van der Waals surface area contributed by atoms with Crippen LogP contribution in [0.4, 0.5) is 16.2 Å². The molecule has 1 aliphatic heterocycles. The molecule has 134 valence electrons. The maximum atomic E-state index is 12.6. The highest BCUT2D eigenvalue weighted by molar-refractivity contribution is 6.09. The first-order valence-electron chi connectivity index (χ1n) is 7.90. The third-order valence-electron chi connectivity index (χ3n) is 3.97. The molecule has 8 nitrogen and oxygen atoms in total. The molecular formula is C18H18N4O4. The minimum atomic E-state index is -0.892. The summed E-state index contributed by atoms with van der Waals surface area (Å²) in [6.07, 6.45) is 0. The Morgan fingerprint density at radius 1 is 1.19 bits per heavy atom. The minimum Gasteiger partial charge on any atom is -0.497 e. The number of hydrogen-bond donors (Lipinski definition) is 3. The molecule has 0 saturated heterocycles. The summed E-state index contributed by atoms with van der Waals surface area (Å²) in [5.74, 6) is -0.446. The zero-order chi connectivity index (χ0) is 18.7. The van der Waals surface area contributed by atoms with E-state index in [1.165, 1.54) is 12.0 Å². The Morgan fingerprint density at radius 3 is 2.69 bits per heavy atom. The quantitative estimate of drug-likeness (QED) is 0.753. The van der Waals surface area contributed by atoms with Gasteiger partial charge in [0.1, 0.15) is 18.3 Å². The number of primary amides is 1. The van der Waals surface area contributed by atoms with Gasteiger partial charge in [-0.1, -0.05) is 24.3 Å². The van der Waals surface area contributed by atoms with E-state index in [1.54, 1.807) is 48.5 Å². The molecule has 2 aromatic carbocycles. The van der Waals surface area contributed by atoms with Crippen LogP contribution >= 0.6 is 0 Å². The van der Waals surface area contributed by atoms with Crippen LogP contribution in [-0.2, 0) is 9.59 Å². The Hall–Kier alpha value is -3.55. The average molecular weight is 354 g/mol. The largest absolute Gasteiger partial charge is 0.497 e. The van der Waals surface area contributed by atoms with E-state index in [1.807, 2.05) is 0 Å². The molecule has 4 amide bonds. The molecular weight excluding hydrogens is 336 g/mol. The number of rotatable bonds is 5. The van der Waals surface area contributed by atoms with Crippen molar-refractivity contribution in [2.75, 3.05) is 23.9 Å². The van der Waals surface area contributed by atoms with Crippen molar-refractivity contribution in [3.05, 3.63) is 54.1 Å². The van der Waals surface area contributed by atoms with Crippen LogP contribution in [0.5, 0.6) is 5.75 Å². The highest BCUT2D eigenvalue weighted by Gasteiger charge is 2.38.